The number of phenolic OH excluding ortho intramolecular Hbond substituents is 1. The van der Waals surface area contributed by atoms with Gasteiger partial charge in [0.05, 0.1) is 4.47 Å². The van der Waals surface area contributed by atoms with E-state index in [1.54, 1.807) is 0 Å². The van der Waals surface area contributed by atoms with Gasteiger partial charge in [-0.05, 0) is 45.6 Å². The maximum Gasteiger partial charge on any atom is 0.133 e. The van der Waals surface area contributed by atoms with Crippen molar-refractivity contribution in [1.82, 2.24) is 0 Å². The van der Waals surface area contributed by atoms with Gasteiger partial charge < -0.3 is 5.11 Å². The zero-order chi connectivity index (χ0) is 15.5. The second-order valence-corrected chi connectivity index (χ2v) is 6.29. The summed E-state index contributed by atoms with van der Waals surface area (Å²) in [6.07, 6.45) is 0. The van der Waals surface area contributed by atoms with Crippen LogP contribution in [0.25, 0.3) is 0 Å². The molecule has 0 unspecified atom stereocenters. The van der Waals surface area contributed by atoms with Crippen LogP contribution in [0.1, 0.15) is 28.2 Å². The summed E-state index contributed by atoms with van der Waals surface area (Å²) in [5.41, 5.74) is 4.38. The molecule has 0 aromatic heterocycles. The zero-order valence-corrected chi connectivity index (χ0v) is 13.9. The third-order valence-corrected chi connectivity index (χ3v) is 4.42. The molecular formula is C20H17BrO. The van der Waals surface area contributed by atoms with Crippen molar-refractivity contribution in [2.24, 2.45) is 0 Å². The van der Waals surface area contributed by atoms with E-state index in [9.17, 15) is 5.11 Å². The molecule has 0 spiro atoms. The lowest BCUT2D eigenvalue weighted by atomic mass is 9.84. The van der Waals surface area contributed by atoms with Gasteiger partial charge in [0.2, 0.25) is 0 Å². The summed E-state index contributed by atoms with van der Waals surface area (Å²) in [4.78, 5) is 0. The highest BCUT2D eigenvalue weighted by atomic mass is 79.9. The third-order valence-electron chi connectivity index (χ3n) is 3.81. The van der Waals surface area contributed by atoms with Crippen LogP contribution in [0, 0.1) is 6.92 Å². The van der Waals surface area contributed by atoms with Crippen molar-refractivity contribution >= 4 is 15.9 Å². The molecule has 0 aliphatic rings. The summed E-state index contributed by atoms with van der Waals surface area (Å²) < 4.78 is 0.736. The van der Waals surface area contributed by atoms with Crippen molar-refractivity contribution in [2.75, 3.05) is 0 Å². The van der Waals surface area contributed by atoms with Crippen molar-refractivity contribution in [3.05, 3.63) is 99.5 Å². The molecule has 0 fully saturated rings. The first-order valence-corrected chi connectivity index (χ1v) is 8.05. The minimum Gasteiger partial charge on any atom is -0.506 e. The van der Waals surface area contributed by atoms with Crippen molar-refractivity contribution in [1.29, 1.82) is 0 Å². The van der Waals surface area contributed by atoms with Crippen LogP contribution in [0.15, 0.2) is 77.3 Å². The Hall–Kier alpha value is -2.06. The van der Waals surface area contributed by atoms with Crippen LogP contribution in [0.4, 0.5) is 0 Å². The van der Waals surface area contributed by atoms with E-state index in [1.807, 2.05) is 49.4 Å². The van der Waals surface area contributed by atoms with E-state index >= 15 is 0 Å². The maximum absolute atomic E-state index is 10.6. The van der Waals surface area contributed by atoms with Crippen molar-refractivity contribution in [2.45, 2.75) is 12.8 Å². The standard InChI is InChI=1S/C20H17BrO/c1-14-12-17(20(22)18(21)13-14)19(15-8-4-2-5-9-15)16-10-6-3-7-11-16/h2-13,19,22H,1H3. The summed E-state index contributed by atoms with van der Waals surface area (Å²) in [5.74, 6) is 0.321. The Morgan fingerprint density at radius 3 is 1.82 bits per heavy atom. The smallest absolute Gasteiger partial charge is 0.133 e. The molecule has 0 amide bonds. The van der Waals surface area contributed by atoms with Gasteiger partial charge in [0.15, 0.2) is 0 Å². The highest BCUT2D eigenvalue weighted by Crippen LogP contribution is 2.40. The highest BCUT2D eigenvalue weighted by Gasteiger charge is 2.21. The normalized spacial score (nSPS) is 10.9. The average molecular weight is 353 g/mol. The molecule has 0 radical (unpaired) electrons. The SMILES string of the molecule is Cc1cc(Br)c(O)c(C(c2ccccc2)c2ccccc2)c1. The second-order valence-electron chi connectivity index (χ2n) is 5.44. The third kappa shape index (κ3) is 2.93. The minimum absolute atomic E-state index is 0.0126. The monoisotopic (exact) mass is 352 g/mol. The van der Waals surface area contributed by atoms with Crippen LogP contribution in [0.3, 0.4) is 0 Å². The Balaban J connectivity index is 2.23. The predicted octanol–water partition coefficient (Wildman–Crippen LogP) is 5.64. The van der Waals surface area contributed by atoms with Crippen molar-refractivity contribution in [3.63, 3.8) is 0 Å². The Bertz CT molecular complexity index is 727. The number of phenols is 1. The Kier molecular flexibility index (Phi) is 4.30. The topological polar surface area (TPSA) is 20.2 Å². The molecule has 2 heteroatoms. The minimum atomic E-state index is 0.0126. The maximum atomic E-state index is 10.6. The van der Waals surface area contributed by atoms with E-state index in [0.29, 0.717) is 5.75 Å². The molecule has 0 saturated heterocycles. The molecule has 1 nitrogen and oxygen atoms in total. The van der Waals surface area contributed by atoms with Gasteiger partial charge in [-0.25, -0.2) is 0 Å². The van der Waals surface area contributed by atoms with Crippen molar-refractivity contribution < 1.29 is 5.11 Å². The van der Waals surface area contributed by atoms with Gasteiger partial charge >= 0.3 is 0 Å². The van der Waals surface area contributed by atoms with Gasteiger partial charge in [0, 0.05) is 11.5 Å². The van der Waals surface area contributed by atoms with Gasteiger partial charge in [0.1, 0.15) is 5.75 Å². The first-order chi connectivity index (χ1) is 10.7. The molecule has 3 rings (SSSR count). The fraction of sp³-hybridized carbons (Fsp3) is 0.100. The molecule has 0 saturated carbocycles. The van der Waals surface area contributed by atoms with E-state index in [0.717, 1.165) is 15.6 Å². The number of hydrogen-bond donors (Lipinski definition) is 1. The van der Waals surface area contributed by atoms with Gasteiger partial charge in [-0.3, -0.25) is 0 Å². The fourth-order valence-electron chi connectivity index (χ4n) is 2.82. The number of rotatable bonds is 3. The van der Waals surface area contributed by atoms with Crippen LogP contribution in [0.2, 0.25) is 0 Å². The molecule has 3 aromatic rings. The summed E-state index contributed by atoms with van der Waals surface area (Å²) in [5, 5.41) is 10.6. The van der Waals surface area contributed by atoms with E-state index in [2.05, 4.69) is 46.3 Å². The largest absolute Gasteiger partial charge is 0.506 e. The molecule has 3 aromatic carbocycles. The Labute approximate surface area is 139 Å². The van der Waals surface area contributed by atoms with Crippen LogP contribution >= 0.6 is 15.9 Å². The molecule has 22 heavy (non-hydrogen) atoms. The number of halogens is 1. The highest BCUT2D eigenvalue weighted by molar-refractivity contribution is 9.10. The predicted molar refractivity (Wildman–Crippen MR) is 94.4 cm³/mol. The Morgan fingerprint density at radius 1 is 0.818 bits per heavy atom. The molecule has 0 aliphatic carbocycles. The van der Waals surface area contributed by atoms with Gasteiger partial charge in [-0.15, -0.1) is 0 Å². The first-order valence-electron chi connectivity index (χ1n) is 7.25. The number of hydrogen-bond acceptors (Lipinski definition) is 1. The van der Waals surface area contributed by atoms with Gasteiger partial charge in [0.25, 0.3) is 0 Å². The van der Waals surface area contributed by atoms with Crippen molar-refractivity contribution in [3.8, 4) is 5.75 Å². The van der Waals surface area contributed by atoms with Crippen LogP contribution in [-0.2, 0) is 0 Å². The Morgan fingerprint density at radius 2 is 1.32 bits per heavy atom. The molecule has 1 N–H and O–H groups in total. The first kappa shape index (κ1) is 14.9. The summed E-state index contributed by atoms with van der Waals surface area (Å²) in [6, 6.07) is 24.6. The second kappa shape index (κ2) is 6.37. The van der Waals surface area contributed by atoms with E-state index in [-0.39, 0.29) is 5.92 Å². The van der Waals surface area contributed by atoms with Crippen LogP contribution < -0.4 is 0 Å². The molecule has 0 aliphatic heterocycles. The van der Waals surface area contributed by atoms with Gasteiger partial charge in [-0.1, -0.05) is 66.7 Å². The van der Waals surface area contributed by atoms with Crippen LogP contribution in [-0.4, -0.2) is 5.11 Å². The molecule has 0 bridgehead atoms. The molecule has 0 heterocycles. The molecular weight excluding hydrogens is 336 g/mol. The molecule has 0 atom stereocenters. The summed E-state index contributed by atoms with van der Waals surface area (Å²) >= 11 is 3.46. The number of aryl methyl sites for hydroxylation is 1. The average Bonchev–Trinajstić information content (AvgIpc) is 2.54. The fourth-order valence-corrected chi connectivity index (χ4v) is 3.41. The number of aromatic hydroxyl groups is 1. The quantitative estimate of drug-likeness (QED) is 0.604. The van der Waals surface area contributed by atoms with Crippen LogP contribution in [0.5, 0.6) is 5.75 Å². The lowest BCUT2D eigenvalue weighted by Crippen LogP contribution is -2.04. The number of benzene rings is 3. The lowest BCUT2D eigenvalue weighted by Gasteiger charge is -2.21. The lowest BCUT2D eigenvalue weighted by molar-refractivity contribution is 0.463. The van der Waals surface area contributed by atoms with Gasteiger partial charge in [-0.2, -0.15) is 0 Å². The van der Waals surface area contributed by atoms with E-state index < -0.39 is 0 Å². The van der Waals surface area contributed by atoms with E-state index in [4.69, 9.17) is 0 Å². The summed E-state index contributed by atoms with van der Waals surface area (Å²) in [6.45, 7) is 2.04. The zero-order valence-electron chi connectivity index (χ0n) is 12.3. The van der Waals surface area contributed by atoms with E-state index in [1.165, 1.54) is 11.1 Å². The molecule has 110 valence electrons. The summed E-state index contributed by atoms with van der Waals surface area (Å²) in [7, 11) is 0.